The number of methoxy groups -OCH3 is 1. The molecule has 1 N–H and O–H groups in total. The van der Waals surface area contributed by atoms with Crippen LogP contribution in [0.25, 0.3) is 0 Å². The van der Waals surface area contributed by atoms with Gasteiger partial charge in [-0.25, -0.2) is 0 Å². The molecular formula is C18H23N3O2. The van der Waals surface area contributed by atoms with Crippen LogP contribution in [-0.4, -0.2) is 41.3 Å². The molecule has 0 saturated heterocycles. The largest absolute Gasteiger partial charge is 0.385 e. The molecule has 0 fully saturated rings. The number of hydrogen-bond donors (Lipinski definition) is 1. The summed E-state index contributed by atoms with van der Waals surface area (Å²) >= 11 is 0. The van der Waals surface area contributed by atoms with Gasteiger partial charge in [0.05, 0.1) is 6.04 Å². The Hall–Kier alpha value is -2.14. The molecular weight excluding hydrogens is 290 g/mol. The molecule has 5 heteroatoms. The minimum absolute atomic E-state index is 0.00465. The van der Waals surface area contributed by atoms with E-state index in [1.807, 2.05) is 11.8 Å². The van der Waals surface area contributed by atoms with Crippen LogP contribution >= 0.6 is 0 Å². The fraction of sp³-hybridized carbons (Fsp3) is 0.444. The number of ether oxygens (including phenoxy) is 1. The van der Waals surface area contributed by atoms with Crippen molar-refractivity contribution in [1.82, 2.24) is 15.1 Å². The predicted molar refractivity (Wildman–Crippen MR) is 88.5 cm³/mol. The van der Waals surface area contributed by atoms with Gasteiger partial charge in [0.1, 0.15) is 0 Å². The van der Waals surface area contributed by atoms with Crippen LogP contribution in [0.2, 0.25) is 0 Å². The molecule has 0 aliphatic carbocycles. The Balaban J connectivity index is 1.97. The van der Waals surface area contributed by atoms with E-state index in [9.17, 15) is 4.79 Å². The fourth-order valence-corrected chi connectivity index (χ4v) is 3.24. The van der Waals surface area contributed by atoms with Gasteiger partial charge < -0.3 is 9.64 Å². The predicted octanol–water partition coefficient (Wildman–Crippen LogP) is 2.86. The topological polar surface area (TPSA) is 58.2 Å². The first-order valence-electron chi connectivity index (χ1n) is 8.11. The molecule has 0 saturated carbocycles. The van der Waals surface area contributed by atoms with Gasteiger partial charge in [-0.3, -0.25) is 9.89 Å². The highest BCUT2D eigenvalue weighted by Gasteiger charge is 2.40. The molecule has 1 aliphatic heterocycles. The molecule has 23 heavy (non-hydrogen) atoms. The standard InChI is InChI=1S/C18H23N3O2/c1-4-13-6-8-14(9-7-13)17-15-12(2)19-20-16(15)18(22)21(17)10-5-11-23-3/h6-9,17H,4-5,10-11H2,1-3H3,(H,19,20). The first-order valence-corrected chi connectivity index (χ1v) is 8.11. The summed E-state index contributed by atoms with van der Waals surface area (Å²) in [5.74, 6) is 0.00465. The summed E-state index contributed by atoms with van der Waals surface area (Å²) in [6.45, 7) is 5.44. The van der Waals surface area contributed by atoms with Crippen molar-refractivity contribution in [3.05, 3.63) is 52.3 Å². The van der Waals surface area contributed by atoms with Gasteiger partial charge in [-0.2, -0.15) is 5.10 Å². The molecule has 1 amide bonds. The average Bonchev–Trinajstić information content (AvgIpc) is 3.08. The zero-order chi connectivity index (χ0) is 16.4. The van der Waals surface area contributed by atoms with Crippen LogP contribution in [0.4, 0.5) is 0 Å². The minimum atomic E-state index is -0.0565. The number of rotatable bonds is 6. The Bertz CT molecular complexity index is 691. The van der Waals surface area contributed by atoms with Crippen molar-refractivity contribution in [1.29, 1.82) is 0 Å². The maximum Gasteiger partial charge on any atom is 0.275 e. The number of nitrogens with one attached hydrogen (secondary N) is 1. The van der Waals surface area contributed by atoms with Crippen molar-refractivity contribution >= 4 is 5.91 Å². The van der Waals surface area contributed by atoms with E-state index in [0.29, 0.717) is 18.8 Å². The summed E-state index contributed by atoms with van der Waals surface area (Å²) in [6, 6.07) is 8.48. The molecule has 1 aromatic heterocycles. The molecule has 2 aromatic rings. The number of carbonyl (C=O) groups excluding carboxylic acids is 1. The highest BCUT2D eigenvalue weighted by molar-refractivity contribution is 5.98. The number of aromatic amines is 1. The smallest absolute Gasteiger partial charge is 0.275 e. The monoisotopic (exact) mass is 313 g/mol. The third kappa shape index (κ3) is 2.77. The van der Waals surface area contributed by atoms with Crippen LogP contribution in [0.15, 0.2) is 24.3 Å². The lowest BCUT2D eigenvalue weighted by molar-refractivity contribution is 0.0723. The van der Waals surface area contributed by atoms with Gasteiger partial charge in [0, 0.05) is 31.5 Å². The van der Waals surface area contributed by atoms with Crippen molar-refractivity contribution in [2.24, 2.45) is 0 Å². The Kier molecular flexibility index (Phi) is 4.48. The highest BCUT2D eigenvalue weighted by Crippen LogP contribution is 2.39. The van der Waals surface area contributed by atoms with Crippen LogP contribution in [0.5, 0.6) is 0 Å². The van der Waals surface area contributed by atoms with E-state index in [2.05, 4.69) is 41.4 Å². The van der Waals surface area contributed by atoms with Crippen LogP contribution in [0, 0.1) is 6.92 Å². The van der Waals surface area contributed by atoms with Crippen LogP contribution in [-0.2, 0) is 11.2 Å². The van der Waals surface area contributed by atoms with Crippen molar-refractivity contribution in [2.75, 3.05) is 20.3 Å². The lowest BCUT2D eigenvalue weighted by Gasteiger charge is -2.26. The molecule has 1 aliphatic rings. The summed E-state index contributed by atoms with van der Waals surface area (Å²) in [5.41, 5.74) is 4.97. The molecule has 1 atom stereocenters. The number of amides is 1. The normalized spacial score (nSPS) is 16.9. The molecule has 0 radical (unpaired) electrons. The summed E-state index contributed by atoms with van der Waals surface area (Å²) in [7, 11) is 1.68. The van der Waals surface area contributed by atoms with E-state index < -0.39 is 0 Å². The van der Waals surface area contributed by atoms with E-state index in [-0.39, 0.29) is 11.9 Å². The maximum atomic E-state index is 12.7. The number of fused-ring (bicyclic) bond motifs is 1. The van der Waals surface area contributed by atoms with Crippen molar-refractivity contribution in [3.8, 4) is 0 Å². The van der Waals surface area contributed by atoms with Crippen molar-refractivity contribution < 1.29 is 9.53 Å². The fourth-order valence-electron chi connectivity index (χ4n) is 3.24. The van der Waals surface area contributed by atoms with Crippen molar-refractivity contribution in [2.45, 2.75) is 32.7 Å². The Morgan fingerprint density at radius 3 is 2.70 bits per heavy atom. The minimum Gasteiger partial charge on any atom is -0.385 e. The van der Waals surface area contributed by atoms with E-state index in [4.69, 9.17) is 4.74 Å². The third-order valence-electron chi connectivity index (χ3n) is 4.49. The average molecular weight is 313 g/mol. The molecule has 3 rings (SSSR count). The number of H-pyrrole nitrogens is 1. The number of aromatic nitrogens is 2. The van der Waals surface area contributed by atoms with Crippen LogP contribution in [0.3, 0.4) is 0 Å². The second kappa shape index (κ2) is 6.54. The number of carbonyl (C=O) groups is 1. The molecule has 1 unspecified atom stereocenters. The number of benzene rings is 1. The van der Waals surface area contributed by atoms with Gasteiger partial charge >= 0.3 is 0 Å². The maximum absolute atomic E-state index is 12.7. The first kappa shape index (κ1) is 15.7. The number of nitrogens with zero attached hydrogens (tertiary/aromatic N) is 2. The van der Waals surface area contributed by atoms with Crippen molar-refractivity contribution in [3.63, 3.8) is 0 Å². The summed E-state index contributed by atoms with van der Waals surface area (Å²) in [5, 5.41) is 7.18. The number of aryl methyl sites for hydroxylation is 2. The van der Waals surface area contributed by atoms with Crippen LogP contribution in [0.1, 0.15) is 52.3 Å². The Morgan fingerprint density at radius 1 is 1.30 bits per heavy atom. The zero-order valence-electron chi connectivity index (χ0n) is 13.9. The summed E-state index contributed by atoms with van der Waals surface area (Å²) in [6.07, 6.45) is 1.83. The highest BCUT2D eigenvalue weighted by atomic mass is 16.5. The molecule has 2 heterocycles. The third-order valence-corrected chi connectivity index (χ3v) is 4.49. The van der Waals surface area contributed by atoms with Gasteiger partial charge in [-0.15, -0.1) is 0 Å². The quantitative estimate of drug-likeness (QED) is 0.834. The van der Waals surface area contributed by atoms with Gasteiger partial charge in [-0.05, 0) is 30.9 Å². The van der Waals surface area contributed by atoms with Gasteiger partial charge in [0.2, 0.25) is 0 Å². The van der Waals surface area contributed by atoms with Gasteiger partial charge in [0.25, 0.3) is 5.91 Å². The second-order valence-corrected chi connectivity index (χ2v) is 5.95. The Morgan fingerprint density at radius 2 is 2.04 bits per heavy atom. The van der Waals surface area contributed by atoms with E-state index in [0.717, 1.165) is 29.7 Å². The Labute approximate surface area is 136 Å². The number of hydrogen-bond acceptors (Lipinski definition) is 3. The van der Waals surface area contributed by atoms with E-state index in [1.165, 1.54) is 5.56 Å². The molecule has 122 valence electrons. The molecule has 5 nitrogen and oxygen atoms in total. The molecule has 1 aromatic carbocycles. The summed E-state index contributed by atoms with van der Waals surface area (Å²) in [4.78, 5) is 14.6. The van der Waals surface area contributed by atoms with E-state index >= 15 is 0 Å². The van der Waals surface area contributed by atoms with Crippen LogP contribution < -0.4 is 0 Å². The van der Waals surface area contributed by atoms with Gasteiger partial charge in [0.15, 0.2) is 5.69 Å². The molecule has 0 bridgehead atoms. The lowest BCUT2D eigenvalue weighted by atomic mass is 9.97. The van der Waals surface area contributed by atoms with Gasteiger partial charge in [-0.1, -0.05) is 31.2 Å². The lowest BCUT2D eigenvalue weighted by Crippen LogP contribution is -2.31. The molecule has 0 spiro atoms. The first-order chi connectivity index (χ1) is 11.2. The SMILES string of the molecule is CCc1ccc(C2c3c(n[nH]c3C)C(=O)N2CCCOC)cc1. The van der Waals surface area contributed by atoms with E-state index in [1.54, 1.807) is 7.11 Å². The second-order valence-electron chi connectivity index (χ2n) is 5.95. The zero-order valence-corrected chi connectivity index (χ0v) is 13.9. The summed E-state index contributed by atoms with van der Waals surface area (Å²) < 4.78 is 5.13.